The molecular formula is C20H23N3O3. The molecule has 2 aliphatic heterocycles. The Hall–Kier alpha value is -2.89. The number of methoxy groups -OCH3 is 2. The van der Waals surface area contributed by atoms with Crippen molar-refractivity contribution in [2.24, 2.45) is 0 Å². The molecule has 6 heteroatoms. The third kappa shape index (κ3) is 2.92. The number of hydrogen-bond donors (Lipinski definition) is 1. The molecular weight excluding hydrogens is 330 g/mol. The zero-order chi connectivity index (χ0) is 18.1. The number of benzene rings is 2. The number of hydrogen-bond acceptors (Lipinski definition) is 4. The van der Waals surface area contributed by atoms with E-state index < -0.39 is 0 Å². The van der Waals surface area contributed by atoms with Crippen LogP contribution >= 0.6 is 0 Å². The summed E-state index contributed by atoms with van der Waals surface area (Å²) in [6, 6.07) is 13.7. The smallest absolute Gasteiger partial charge is 0.326 e. The van der Waals surface area contributed by atoms with Crippen molar-refractivity contribution in [3.63, 3.8) is 0 Å². The molecule has 0 spiro atoms. The Labute approximate surface area is 153 Å². The van der Waals surface area contributed by atoms with Gasteiger partial charge in [0.25, 0.3) is 0 Å². The summed E-state index contributed by atoms with van der Waals surface area (Å²) in [6.07, 6.45) is 2.28. The van der Waals surface area contributed by atoms with E-state index >= 15 is 0 Å². The molecule has 4 rings (SSSR count). The maximum absolute atomic E-state index is 13.0. The summed E-state index contributed by atoms with van der Waals surface area (Å²) in [5.74, 6) is 1.28. The Bertz CT molecular complexity index is 801. The lowest BCUT2D eigenvalue weighted by Gasteiger charge is -2.40. The van der Waals surface area contributed by atoms with Gasteiger partial charge in [0, 0.05) is 43.0 Å². The minimum atomic E-state index is -0.140. The Morgan fingerprint density at radius 3 is 2.46 bits per heavy atom. The van der Waals surface area contributed by atoms with Gasteiger partial charge in [-0.2, -0.15) is 0 Å². The van der Waals surface area contributed by atoms with Crippen LogP contribution in [0, 0.1) is 0 Å². The van der Waals surface area contributed by atoms with Crippen molar-refractivity contribution < 1.29 is 14.3 Å². The third-order valence-corrected chi connectivity index (χ3v) is 5.10. The quantitative estimate of drug-likeness (QED) is 0.914. The van der Waals surface area contributed by atoms with Crippen LogP contribution in [0.2, 0.25) is 0 Å². The summed E-state index contributed by atoms with van der Waals surface area (Å²) in [4.78, 5) is 17.3. The molecule has 2 heterocycles. The summed E-state index contributed by atoms with van der Waals surface area (Å²) in [5.41, 5.74) is 2.75. The Balaban J connectivity index is 1.62. The average Bonchev–Trinajstić information content (AvgIpc) is 3.15. The molecule has 1 unspecified atom stereocenters. The monoisotopic (exact) mass is 353 g/mol. The first-order valence-corrected chi connectivity index (χ1v) is 8.87. The SMILES string of the molecule is COc1cc(NC(=O)N2CC3CCCN3c3ccccc32)cc(OC)c1. The lowest BCUT2D eigenvalue weighted by atomic mass is 10.1. The lowest BCUT2D eigenvalue weighted by Crippen LogP contribution is -2.49. The van der Waals surface area contributed by atoms with Crippen molar-refractivity contribution in [1.82, 2.24) is 0 Å². The zero-order valence-corrected chi connectivity index (χ0v) is 15.1. The summed E-state index contributed by atoms with van der Waals surface area (Å²) in [6.45, 7) is 1.76. The van der Waals surface area contributed by atoms with E-state index in [-0.39, 0.29) is 6.03 Å². The van der Waals surface area contributed by atoms with E-state index in [9.17, 15) is 4.79 Å². The van der Waals surface area contributed by atoms with Crippen LogP contribution in [0.5, 0.6) is 11.5 Å². The highest BCUT2D eigenvalue weighted by atomic mass is 16.5. The van der Waals surface area contributed by atoms with Gasteiger partial charge in [0.05, 0.1) is 25.6 Å². The van der Waals surface area contributed by atoms with Crippen LogP contribution in [0.1, 0.15) is 12.8 Å². The number of rotatable bonds is 3. The highest BCUT2D eigenvalue weighted by Gasteiger charge is 2.36. The van der Waals surface area contributed by atoms with Crippen LogP contribution < -0.4 is 24.6 Å². The van der Waals surface area contributed by atoms with Crippen LogP contribution in [0.15, 0.2) is 42.5 Å². The molecule has 0 aliphatic carbocycles. The minimum Gasteiger partial charge on any atom is -0.497 e. The molecule has 0 radical (unpaired) electrons. The Morgan fingerprint density at radius 1 is 1.08 bits per heavy atom. The highest BCUT2D eigenvalue weighted by Crippen LogP contribution is 2.39. The summed E-state index contributed by atoms with van der Waals surface area (Å²) >= 11 is 0. The van der Waals surface area contributed by atoms with Crippen molar-refractivity contribution in [3.8, 4) is 11.5 Å². The van der Waals surface area contributed by atoms with Gasteiger partial charge in [0.1, 0.15) is 11.5 Å². The van der Waals surface area contributed by atoms with Crippen LogP contribution in [0.4, 0.5) is 21.9 Å². The van der Waals surface area contributed by atoms with Crippen molar-refractivity contribution in [1.29, 1.82) is 0 Å². The van der Waals surface area contributed by atoms with Crippen molar-refractivity contribution >= 4 is 23.1 Å². The number of fused-ring (bicyclic) bond motifs is 3. The number of amides is 2. The number of urea groups is 1. The first-order valence-electron chi connectivity index (χ1n) is 8.87. The second-order valence-electron chi connectivity index (χ2n) is 6.62. The molecule has 0 bridgehead atoms. The van der Waals surface area contributed by atoms with Gasteiger partial charge in [-0.05, 0) is 25.0 Å². The first-order chi connectivity index (χ1) is 12.7. The van der Waals surface area contributed by atoms with Gasteiger partial charge in [-0.1, -0.05) is 12.1 Å². The van der Waals surface area contributed by atoms with Gasteiger partial charge < -0.3 is 19.7 Å². The molecule has 1 fully saturated rings. The number of carbonyl (C=O) groups excluding carboxylic acids is 1. The molecule has 0 saturated carbocycles. The fourth-order valence-corrected chi connectivity index (χ4v) is 3.85. The number of anilines is 3. The van der Waals surface area contributed by atoms with E-state index in [1.54, 1.807) is 32.4 Å². The van der Waals surface area contributed by atoms with Crippen molar-refractivity contribution in [2.45, 2.75) is 18.9 Å². The van der Waals surface area contributed by atoms with Crippen LogP contribution in [-0.4, -0.2) is 39.4 Å². The highest BCUT2D eigenvalue weighted by molar-refractivity contribution is 6.05. The maximum atomic E-state index is 13.0. The van der Waals surface area contributed by atoms with Gasteiger partial charge in [-0.25, -0.2) is 4.79 Å². The van der Waals surface area contributed by atoms with Crippen LogP contribution in [-0.2, 0) is 0 Å². The molecule has 2 aliphatic rings. The predicted octanol–water partition coefficient (Wildman–Crippen LogP) is 3.72. The van der Waals surface area contributed by atoms with Crippen LogP contribution in [0.3, 0.4) is 0 Å². The predicted molar refractivity (Wildman–Crippen MR) is 103 cm³/mol. The summed E-state index contributed by atoms with van der Waals surface area (Å²) in [7, 11) is 3.19. The van der Waals surface area contributed by atoms with E-state index in [1.807, 2.05) is 23.1 Å². The molecule has 2 amide bonds. The number of nitrogens with zero attached hydrogens (tertiary/aromatic N) is 2. The minimum absolute atomic E-state index is 0.140. The number of para-hydroxylation sites is 2. The van der Waals surface area contributed by atoms with E-state index in [4.69, 9.17) is 9.47 Å². The maximum Gasteiger partial charge on any atom is 0.326 e. The molecule has 1 saturated heterocycles. The van der Waals surface area contributed by atoms with Gasteiger partial charge in [0.15, 0.2) is 0 Å². The van der Waals surface area contributed by atoms with E-state index in [2.05, 4.69) is 16.3 Å². The van der Waals surface area contributed by atoms with Crippen molar-refractivity contribution in [3.05, 3.63) is 42.5 Å². The lowest BCUT2D eigenvalue weighted by molar-refractivity contribution is 0.256. The molecule has 6 nitrogen and oxygen atoms in total. The third-order valence-electron chi connectivity index (χ3n) is 5.10. The first kappa shape index (κ1) is 16.6. The zero-order valence-electron chi connectivity index (χ0n) is 15.1. The van der Waals surface area contributed by atoms with E-state index in [0.717, 1.165) is 24.3 Å². The number of ether oxygens (including phenoxy) is 2. The summed E-state index contributed by atoms with van der Waals surface area (Å²) < 4.78 is 10.6. The number of carbonyl (C=O) groups is 1. The Morgan fingerprint density at radius 2 is 1.77 bits per heavy atom. The van der Waals surface area contributed by atoms with Gasteiger partial charge in [-0.3, -0.25) is 4.90 Å². The molecule has 26 heavy (non-hydrogen) atoms. The van der Waals surface area contributed by atoms with Crippen molar-refractivity contribution in [2.75, 3.05) is 42.4 Å². The molecule has 136 valence electrons. The fourth-order valence-electron chi connectivity index (χ4n) is 3.85. The standard InChI is InChI=1S/C20H23N3O3/c1-25-16-10-14(11-17(12-16)26-2)21-20(24)23-13-15-6-5-9-22(15)18-7-3-4-8-19(18)23/h3-4,7-8,10-12,15H,5-6,9,13H2,1-2H3,(H,21,24). The number of nitrogens with one attached hydrogen (secondary N) is 1. The van der Waals surface area contributed by atoms with Gasteiger partial charge >= 0.3 is 6.03 Å². The second-order valence-corrected chi connectivity index (χ2v) is 6.62. The molecule has 1 atom stereocenters. The largest absolute Gasteiger partial charge is 0.497 e. The molecule has 2 aromatic carbocycles. The van der Waals surface area contributed by atoms with E-state index in [0.29, 0.717) is 29.8 Å². The van der Waals surface area contributed by atoms with E-state index in [1.165, 1.54) is 6.42 Å². The fraction of sp³-hybridized carbons (Fsp3) is 0.350. The van der Waals surface area contributed by atoms with Crippen LogP contribution in [0.25, 0.3) is 0 Å². The second kappa shape index (κ2) is 6.78. The normalized spacial score (nSPS) is 18.2. The van der Waals surface area contributed by atoms with Gasteiger partial charge in [-0.15, -0.1) is 0 Å². The molecule has 2 aromatic rings. The molecule has 1 N–H and O–H groups in total. The van der Waals surface area contributed by atoms with Gasteiger partial charge in [0.2, 0.25) is 0 Å². The summed E-state index contributed by atoms with van der Waals surface area (Å²) in [5, 5.41) is 2.99. The topological polar surface area (TPSA) is 54.0 Å². The average molecular weight is 353 g/mol. The molecule has 0 aromatic heterocycles. The Kier molecular flexibility index (Phi) is 4.32.